The van der Waals surface area contributed by atoms with Gasteiger partial charge in [-0.05, 0) is 31.2 Å². The van der Waals surface area contributed by atoms with Crippen LogP contribution in [0.2, 0.25) is 0 Å². The molecule has 3 rings (SSSR count). The Morgan fingerprint density at radius 1 is 1.27 bits per heavy atom. The van der Waals surface area contributed by atoms with Gasteiger partial charge in [0.1, 0.15) is 12.4 Å². The van der Waals surface area contributed by atoms with Crippen LogP contribution in [0, 0.1) is 18.8 Å². The summed E-state index contributed by atoms with van der Waals surface area (Å²) in [7, 11) is 1.56. The van der Waals surface area contributed by atoms with Crippen molar-refractivity contribution in [1.82, 2.24) is 10.3 Å². The first-order chi connectivity index (χ1) is 12.7. The van der Waals surface area contributed by atoms with Crippen LogP contribution in [0.5, 0.6) is 11.5 Å². The van der Waals surface area contributed by atoms with Crippen molar-refractivity contribution >= 4 is 16.9 Å². The lowest BCUT2D eigenvalue weighted by molar-refractivity contribution is 0.0933. The standard InChI is InChI=1S/C20H18N2O4/c1-14-8-9-16(13-22-14)25-11-4-3-10-21-20(23)18-12-15-6-5-7-17(24-2)19(15)26-18/h5-9,12-13H,10-11H2,1-2H3,(H,21,23). The molecule has 1 N–H and O–H groups in total. The highest BCUT2D eigenvalue weighted by Gasteiger charge is 2.13. The molecule has 0 saturated carbocycles. The molecule has 2 aromatic heterocycles. The Bertz CT molecular complexity index is 965. The normalized spacial score (nSPS) is 10.1. The molecule has 0 radical (unpaired) electrons. The van der Waals surface area contributed by atoms with Crippen molar-refractivity contribution in [3.05, 3.63) is 54.0 Å². The van der Waals surface area contributed by atoms with Crippen molar-refractivity contribution in [2.24, 2.45) is 0 Å². The molecule has 0 unspecified atom stereocenters. The van der Waals surface area contributed by atoms with Crippen molar-refractivity contribution < 1.29 is 18.7 Å². The van der Waals surface area contributed by atoms with Crippen molar-refractivity contribution in [2.45, 2.75) is 6.92 Å². The average Bonchev–Trinajstić information content (AvgIpc) is 3.10. The molecule has 6 nitrogen and oxygen atoms in total. The summed E-state index contributed by atoms with van der Waals surface area (Å²) in [6, 6.07) is 10.9. The molecular weight excluding hydrogens is 332 g/mol. The zero-order chi connectivity index (χ0) is 18.4. The predicted molar refractivity (Wildman–Crippen MR) is 97.3 cm³/mol. The Hall–Kier alpha value is -3.46. The number of benzene rings is 1. The molecule has 132 valence electrons. The fourth-order valence-corrected chi connectivity index (χ4v) is 2.29. The molecular formula is C20H18N2O4. The summed E-state index contributed by atoms with van der Waals surface area (Å²) in [6.45, 7) is 2.33. The molecule has 26 heavy (non-hydrogen) atoms. The van der Waals surface area contributed by atoms with Crippen molar-refractivity contribution in [3.63, 3.8) is 0 Å². The highest BCUT2D eigenvalue weighted by molar-refractivity contribution is 5.97. The number of fused-ring (bicyclic) bond motifs is 1. The number of pyridine rings is 1. The first-order valence-corrected chi connectivity index (χ1v) is 8.03. The van der Waals surface area contributed by atoms with Gasteiger partial charge in [0, 0.05) is 11.1 Å². The minimum atomic E-state index is -0.332. The SMILES string of the molecule is COc1cccc2cc(C(=O)NCC#CCOc3ccc(C)nc3)oc12. The molecule has 0 spiro atoms. The number of rotatable bonds is 5. The van der Waals surface area contributed by atoms with E-state index >= 15 is 0 Å². The van der Waals surface area contributed by atoms with E-state index in [1.165, 1.54) is 0 Å². The van der Waals surface area contributed by atoms with Crippen LogP contribution in [-0.4, -0.2) is 31.2 Å². The maximum absolute atomic E-state index is 12.1. The van der Waals surface area contributed by atoms with E-state index in [-0.39, 0.29) is 24.8 Å². The van der Waals surface area contributed by atoms with Crippen molar-refractivity contribution in [2.75, 3.05) is 20.3 Å². The summed E-state index contributed by atoms with van der Waals surface area (Å²) < 4.78 is 16.2. The van der Waals surface area contributed by atoms with Gasteiger partial charge in [-0.1, -0.05) is 24.0 Å². The molecule has 1 amide bonds. The quantitative estimate of drug-likeness (QED) is 0.716. The van der Waals surface area contributed by atoms with E-state index < -0.39 is 0 Å². The van der Waals surface area contributed by atoms with Crippen LogP contribution in [0.25, 0.3) is 11.0 Å². The number of carbonyl (C=O) groups is 1. The van der Waals surface area contributed by atoms with Gasteiger partial charge in [-0.25, -0.2) is 0 Å². The largest absolute Gasteiger partial charge is 0.493 e. The topological polar surface area (TPSA) is 73.6 Å². The fourth-order valence-electron chi connectivity index (χ4n) is 2.29. The maximum atomic E-state index is 12.1. The Labute approximate surface area is 151 Å². The van der Waals surface area contributed by atoms with Gasteiger partial charge in [0.25, 0.3) is 5.91 Å². The molecule has 0 aliphatic heterocycles. The Balaban J connectivity index is 1.51. The number of nitrogens with zero attached hydrogens (tertiary/aromatic N) is 1. The van der Waals surface area contributed by atoms with Crippen molar-refractivity contribution in [3.8, 4) is 23.3 Å². The zero-order valence-electron chi connectivity index (χ0n) is 14.5. The number of nitrogens with one attached hydrogen (secondary N) is 1. The number of carbonyl (C=O) groups excluding carboxylic acids is 1. The van der Waals surface area contributed by atoms with Gasteiger partial charge in [0.2, 0.25) is 0 Å². The second-order valence-corrected chi connectivity index (χ2v) is 5.45. The Morgan fingerprint density at radius 3 is 2.92 bits per heavy atom. The summed E-state index contributed by atoms with van der Waals surface area (Å²) in [4.78, 5) is 16.3. The average molecular weight is 350 g/mol. The van der Waals surface area contributed by atoms with E-state index in [9.17, 15) is 4.79 Å². The minimum absolute atomic E-state index is 0.197. The lowest BCUT2D eigenvalue weighted by Crippen LogP contribution is -2.23. The van der Waals surface area contributed by atoms with Crippen molar-refractivity contribution in [1.29, 1.82) is 0 Å². The molecule has 6 heteroatoms. The zero-order valence-corrected chi connectivity index (χ0v) is 14.5. The summed E-state index contributed by atoms with van der Waals surface area (Å²) >= 11 is 0. The summed E-state index contributed by atoms with van der Waals surface area (Å²) in [5, 5.41) is 3.49. The number of aryl methyl sites for hydroxylation is 1. The molecule has 0 bridgehead atoms. The fraction of sp³-hybridized carbons (Fsp3) is 0.200. The van der Waals surface area contributed by atoms with E-state index in [2.05, 4.69) is 22.1 Å². The molecule has 0 saturated heterocycles. The van der Waals surface area contributed by atoms with Crippen LogP contribution in [0.3, 0.4) is 0 Å². The number of hydrogen-bond acceptors (Lipinski definition) is 5. The number of hydrogen-bond donors (Lipinski definition) is 1. The summed E-state index contributed by atoms with van der Waals surface area (Å²) in [5.74, 6) is 6.79. The Kier molecular flexibility index (Phi) is 5.40. The first-order valence-electron chi connectivity index (χ1n) is 8.03. The van der Waals surface area contributed by atoms with E-state index in [0.29, 0.717) is 17.1 Å². The molecule has 0 atom stereocenters. The van der Waals surface area contributed by atoms with Crippen LogP contribution < -0.4 is 14.8 Å². The number of furan rings is 1. The number of amides is 1. The van der Waals surface area contributed by atoms with Crippen LogP contribution in [0.1, 0.15) is 16.2 Å². The van der Waals surface area contributed by atoms with Gasteiger partial charge < -0.3 is 19.2 Å². The number of aromatic nitrogens is 1. The summed E-state index contributed by atoms with van der Waals surface area (Å²) in [6.07, 6.45) is 1.65. The van der Waals surface area contributed by atoms with E-state index in [4.69, 9.17) is 13.9 Å². The highest BCUT2D eigenvalue weighted by Crippen LogP contribution is 2.28. The van der Waals surface area contributed by atoms with Gasteiger partial charge >= 0.3 is 0 Å². The molecule has 2 heterocycles. The smallest absolute Gasteiger partial charge is 0.287 e. The third kappa shape index (κ3) is 4.14. The molecule has 3 aromatic rings. The van der Waals surface area contributed by atoms with Gasteiger partial charge in [-0.2, -0.15) is 0 Å². The number of ether oxygens (including phenoxy) is 2. The van der Waals surface area contributed by atoms with Crippen LogP contribution >= 0.6 is 0 Å². The first kappa shape index (κ1) is 17.4. The summed E-state index contributed by atoms with van der Waals surface area (Å²) in [5.41, 5.74) is 1.47. The van der Waals surface area contributed by atoms with Gasteiger partial charge in [0.15, 0.2) is 17.1 Å². The van der Waals surface area contributed by atoms with E-state index in [0.717, 1.165) is 11.1 Å². The van der Waals surface area contributed by atoms with E-state index in [1.807, 2.05) is 31.2 Å². The number of methoxy groups -OCH3 is 1. The maximum Gasteiger partial charge on any atom is 0.287 e. The van der Waals surface area contributed by atoms with Crippen LogP contribution in [0.15, 0.2) is 47.0 Å². The predicted octanol–water partition coefficient (Wildman–Crippen LogP) is 2.96. The minimum Gasteiger partial charge on any atom is -0.493 e. The monoisotopic (exact) mass is 350 g/mol. The Morgan fingerprint density at radius 2 is 2.15 bits per heavy atom. The second kappa shape index (κ2) is 8.08. The van der Waals surface area contributed by atoms with Gasteiger partial charge in [-0.3, -0.25) is 9.78 Å². The molecule has 1 aromatic carbocycles. The molecule has 0 aliphatic carbocycles. The number of para-hydroxylation sites is 1. The lowest BCUT2D eigenvalue weighted by Gasteiger charge is -2.01. The van der Waals surface area contributed by atoms with Crippen LogP contribution in [0.4, 0.5) is 0 Å². The molecule has 0 aliphatic rings. The molecule has 0 fully saturated rings. The second-order valence-electron chi connectivity index (χ2n) is 5.45. The van der Waals surface area contributed by atoms with Gasteiger partial charge in [0.05, 0.1) is 19.9 Å². The van der Waals surface area contributed by atoms with Gasteiger partial charge in [-0.15, -0.1) is 0 Å². The third-order valence-electron chi connectivity index (χ3n) is 3.61. The lowest BCUT2D eigenvalue weighted by atomic mass is 10.2. The van der Waals surface area contributed by atoms with Crippen LogP contribution in [-0.2, 0) is 0 Å². The highest BCUT2D eigenvalue weighted by atomic mass is 16.5. The van der Waals surface area contributed by atoms with E-state index in [1.54, 1.807) is 25.4 Å². The third-order valence-corrected chi connectivity index (χ3v) is 3.61.